The summed E-state index contributed by atoms with van der Waals surface area (Å²) in [5.74, 6) is -6.40. The van der Waals surface area contributed by atoms with Gasteiger partial charge in [-0.2, -0.15) is 4.99 Å². The number of sulfone groups is 1. The number of aromatic nitrogens is 1. The molecule has 17 heteroatoms. The van der Waals surface area contributed by atoms with Crippen molar-refractivity contribution in [1.29, 1.82) is 0 Å². The number of carbonyl (C=O) groups is 5. The smallest absolute Gasteiger partial charge is 0.348 e. The fourth-order valence-electron chi connectivity index (χ4n) is 3.80. The molecule has 43 heavy (non-hydrogen) atoms. The van der Waals surface area contributed by atoms with Crippen molar-refractivity contribution in [3.63, 3.8) is 0 Å². The van der Waals surface area contributed by atoms with E-state index in [-0.39, 0.29) is 52.2 Å². The fourth-order valence-corrected chi connectivity index (χ4v) is 7.52. The summed E-state index contributed by atoms with van der Waals surface area (Å²) in [5.41, 5.74) is 0.690. The number of rotatable bonds is 12. The third-order valence-electron chi connectivity index (χ3n) is 5.49. The largest absolute Gasteiger partial charge is 0.465 e. The number of halogens is 1. The molecule has 0 saturated heterocycles. The zero-order chi connectivity index (χ0) is 31.9. The number of ether oxygens (including phenoxy) is 3. The van der Waals surface area contributed by atoms with Gasteiger partial charge in [0.2, 0.25) is 5.91 Å². The molecule has 0 radical (unpaired) electrons. The Morgan fingerprint density at radius 1 is 0.953 bits per heavy atom. The summed E-state index contributed by atoms with van der Waals surface area (Å²) in [4.78, 5) is 66.6. The van der Waals surface area contributed by atoms with E-state index >= 15 is 0 Å². The molecule has 1 aromatic carbocycles. The first-order valence-corrected chi connectivity index (χ1v) is 17.0. The van der Waals surface area contributed by atoms with Crippen LogP contribution in [0.4, 0.5) is 5.00 Å². The summed E-state index contributed by atoms with van der Waals surface area (Å²) in [5, 5.41) is 2.25. The summed E-state index contributed by atoms with van der Waals surface area (Å²) in [7, 11) is -4.34. The number of carbonyl (C=O) groups excluding carboxylic acids is 5. The number of esters is 3. The zero-order valence-electron chi connectivity index (χ0n) is 23.6. The number of benzene rings is 1. The maximum Gasteiger partial charge on any atom is 0.348 e. The summed E-state index contributed by atoms with van der Waals surface area (Å²) in [6.07, 6.45) is 0. The topological polar surface area (TPSA) is 176 Å². The standard InChI is InChI=1S/C26H28BrN3O10S3/c1-5-38-20(33)11-30-16-9-8-15(27)10-17(16)41-26(30)29-19(32)13-43(36,37)12-18(31)28-23-21(24(34)39-6-2)14(4)22(42-23)25(35)40-7-3/h8-10H,5-7,11-13H2,1-4H3,(H,28,31). The predicted molar refractivity (Wildman–Crippen MR) is 163 cm³/mol. The highest BCUT2D eigenvalue weighted by molar-refractivity contribution is 9.10. The first-order valence-electron chi connectivity index (χ1n) is 12.8. The minimum Gasteiger partial charge on any atom is -0.465 e. The van der Waals surface area contributed by atoms with E-state index < -0.39 is 51.1 Å². The van der Waals surface area contributed by atoms with Gasteiger partial charge in [0.25, 0.3) is 5.91 Å². The number of fused-ring (bicyclic) bond motifs is 1. The van der Waals surface area contributed by atoms with Crippen LogP contribution in [0.5, 0.6) is 0 Å². The van der Waals surface area contributed by atoms with Gasteiger partial charge in [0, 0.05) is 4.47 Å². The average Bonchev–Trinajstić information content (AvgIpc) is 3.39. The molecule has 0 saturated carbocycles. The van der Waals surface area contributed by atoms with Crippen LogP contribution in [-0.2, 0) is 45.0 Å². The van der Waals surface area contributed by atoms with Crippen molar-refractivity contribution in [2.75, 3.05) is 36.6 Å². The highest BCUT2D eigenvalue weighted by Gasteiger charge is 2.29. The molecular formula is C26H28BrN3O10S3. The van der Waals surface area contributed by atoms with Crippen molar-refractivity contribution in [3.05, 3.63) is 43.5 Å². The van der Waals surface area contributed by atoms with Gasteiger partial charge in [-0.1, -0.05) is 27.3 Å². The second kappa shape index (κ2) is 14.9. The Hall–Kier alpha value is -3.41. The van der Waals surface area contributed by atoms with Crippen molar-refractivity contribution < 1.29 is 46.6 Å². The molecule has 0 bridgehead atoms. The third-order valence-corrected chi connectivity index (χ3v) is 9.60. The SMILES string of the molecule is CCOC(=O)Cn1c(=NC(=O)CS(=O)(=O)CC(=O)Nc2sc(C(=O)OCC)c(C)c2C(=O)OCC)sc2cc(Br)ccc21. The molecule has 3 aromatic rings. The monoisotopic (exact) mass is 717 g/mol. The fraction of sp³-hybridized carbons (Fsp3) is 0.385. The Kier molecular flexibility index (Phi) is 11.8. The van der Waals surface area contributed by atoms with E-state index in [9.17, 15) is 32.4 Å². The van der Waals surface area contributed by atoms with Gasteiger partial charge in [0.05, 0.1) is 35.6 Å². The van der Waals surface area contributed by atoms with Crippen molar-refractivity contribution in [2.24, 2.45) is 4.99 Å². The first-order chi connectivity index (χ1) is 20.3. The molecule has 13 nitrogen and oxygen atoms in total. The highest BCUT2D eigenvalue weighted by atomic mass is 79.9. The molecule has 0 aliphatic rings. The van der Waals surface area contributed by atoms with Gasteiger partial charge in [0.1, 0.15) is 27.9 Å². The zero-order valence-corrected chi connectivity index (χ0v) is 27.6. The molecule has 0 atom stereocenters. The van der Waals surface area contributed by atoms with Crippen LogP contribution in [0, 0.1) is 6.92 Å². The molecule has 0 spiro atoms. The Labute approximate surface area is 262 Å². The van der Waals surface area contributed by atoms with Gasteiger partial charge in [-0.15, -0.1) is 11.3 Å². The summed E-state index contributed by atoms with van der Waals surface area (Å²) >= 11 is 5.17. The lowest BCUT2D eigenvalue weighted by Crippen LogP contribution is -2.29. The Balaban J connectivity index is 1.84. The average molecular weight is 719 g/mol. The number of hydrogen-bond donors (Lipinski definition) is 1. The molecule has 0 fully saturated rings. The Morgan fingerprint density at radius 2 is 1.60 bits per heavy atom. The molecule has 2 amide bonds. The molecule has 232 valence electrons. The lowest BCUT2D eigenvalue weighted by atomic mass is 10.1. The minimum atomic E-state index is -4.34. The van der Waals surface area contributed by atoms with E-state index in [0.717, 1.165) is 27.1 Å². The molecule has 2 heterocycles. The molecule has 1 N–H and O–H groups in total. The molecule has 2 aromatic heterocycles. The van der Waals surface area contributed by atoms with E-state index in [2.05, 4.69) is 26.2 Å². The lowest BCUT2D eigenvalue weighted by molar-refractivity contribution is -0.143. The lowest BCUT2D eigenvalue weighted by Gasteiger charge is -2.07. The van der Waals surface area contributed by atoms with Crippen LogP contribution in [0.15, 0.2) is 27.7 Å². The molecular weight excluding hydrogens is 690 g/mol. The number of nitrogens with one attached hydrogen (secondary N) is 1. The third kappa shape index (κ3) is 8.81. The molecule has 0 unspecified atom stereocenters. The summed E-state index contributed by atoms with van der Waals surface area (Å²) in [6.45, 7) is 6.30. The number of thiophene rings is 1. The van der Waals surface area contributed by atoms with Crippen LogP contribution in [0.25, 0.3) is 10.2 Å². The van der Waals surface area contributed by atoms with Gasteiger partial charge in [0.15, 0.2) is 14.6 Å². The quantitative estimate of drug-likeness (QED) is 0.216. The van der Waals surface area contributed by atoms with Crippen molar-refractivity contribution in [1.82, 2.24) is 4.57 Å². The van der Waals surface area contributed by atoms with E-state index in [0.29, 0.717) is 10.2 Å². The Bertz CT molecular complexity index is 1760. The van der Waals surface area contributed by atoms with Crippen LogP contribution in [0.2, 0.25) is 0 Å². The van der Waals surface area contributed by atoms with Crippen LogP contribution in [0.3, 0.4) is 0 Å². The molecule has 0 aliphatic carbocycles. The normalized spacial score (nSPS) is 11.8. The summed E-state index contributed by atoms with van der Waals surface area (Å²) in [6, 6.07) is 5.21. The van der Waals surface area contributed by atoms with Crippen molar-refractivity contribution in [3.8, 4) is 0 Å². The maximum atomic E-state index is 12.8. The van der Waals surface area contributed by atoms with E-state index in [1.54, 1.807) is 39.0 Å². The first kappa shape index (κ1) is 34.1. The van der Waals surface area contributed by atoms with Crippen LogP contribution in [0.1, 0.15) is 46.4 Å². The summed E-state index contributed by atoms with van der Waals surface area (Å²) < 4.78 is 43.5. The van der Waals surface area contributed by atoms with Gasteiger partial charge in [-0.3, -0.25) is 14.4 Å². The van der Waals surface area contributed by atoms with Crippen LogP contribution < -0.4 is 10.1 Å². The predicted octanol–water partition coefficient (Wildman–Crippen LogP) is 3.23. The van der Waals surface area contributed by atoms with Crippen LogP contribution in [-0.4, -0.2) is 74.0 Å². The van der Waals surface area contributed by atoms with Crippen molar-refractivity contribution >= 4 is 93.4 Å². The maximum absolute atomic E-state index is 12.8. The van der Waals surface area contributed by atoms with Gasteiger partial charge in [-0.05, 0) is 51.5 Å². The van der Waals surface area contributed by atoms with E-state index in [4.69, 9.17) is 14.2 Å². The minimum absolute atomic E-state index is 0.0209. The second-order valence-electron chi connectivity index (χ2n) is 8.68. The highest BCUT2D eigenvalue weighted by Crippen LogP contribution is 2.34. The Morgan fingerprint density at radius 3 is 2.26 bits per heavy atom. The van der Waals surface area contributed by atoms with Gasteiger partial charge >= 0.3 is 17.9 Å². The second-order valence-corrected chi connectivity index (χ2v) is 13.7. The van der Waals surface area contributed by atoms with Crippen LogP contribution >= 0.6 is 38.6 Å². The number of nitrogens with zero attached hydrogens (tertiary/aromatic N) is 2. The molecule has 0 aliphatic heterocycles. The number of hydrogen-bond acceptors (Lipinski definition) is 12. The van der Waals surface area contributed by atoms with Crippen molar-refractivity contribution in [2.45, 2.75) is 34.2 Å². The number of anilines is 1. The van der Waals surface area contributed by atoms with Gasteiger partial charge in [-0.25, -0.2) is 18.0 Å². The number of thiazole rings is 1. The van der Waals surface area contributed by atoms with E-state index in [1.807, 2.05) is 0 Å². The van der Waals surface area contributed by atoms with E-state index in [1.165, 1.54) is 11.5 Å². The molecule has 3 rings (SSSR count). The van der Waals surface area contributed by atoms with Gasteiger partial charge < -0.3 is 24.1 Å². The number of amides is 2.